The van der Waals surface area contributed by atoms with E-state index in [1.165, 1.54) is 19.5 Å². The summed E-state index contributed by atoms with van der Waals surface area (Å²) in [5.74, 6) is 0.584. The van der Waals surface area contributed by atoms with Crippen LogP contribution in [0.1, 0.15) is 23.1 Å². The standard InChI is InChI=1S/C13H16N4O3/c1-3-17-12(15-8-16-17)7-20-11-5-4-9(14)6-10(11)13(18)19-2/h4-6,8H,3,7,14H2,1-2H3. The number of benzene rings is 1. The zero-order valence-corrected chi connectivity index (χ0v) is 11.4. The van der Waals surface area contributed by atoms with Gasteiger partial charge in [0.1, 0.15) is 24.2 Å². The van der Waals surface area contributed by atoms with Crippen LogP contribution in [0.3, 0.4) is 0 Å². The topological polar surface area (TPSA) is 92.3 Å². The fraction of sp³-hybridized carbons (Fsp3) is 0.308. The van der Waals surface area contributed by atoms with Crippen molar-refractivity contribution in [1.29, 1.82) is 0 Å². The fourth-order valence-corrected chi connectivity index (χ4v) is 1.75. The lowest BCUT2D eigenvalue weighted by molar-refractivity contribution is 0.0595. The minimum atomic E-state index is -0.496. The molecule has 0 radical (unpaired) electrons. The smallest absolute Gasteiger partial charge is 0.341 e. The van der Waals surface area contributed by atoms with Gasteiger partial charge < -0.3 is 15.2 Å². The Kier molecular flexibility index (Phi) is 4.19. The third kappa shape index (κ3) is 2.87. The van der Waals surface area contributed by atoms with Crippen LogP contribution in [0.25, 0.3) is 0 Å². The molecule has 1 heterocycles. The van der Waals surface area contributed by atoms with Gasteiger partial charge in [0.25, 0.3) is 0 Å². The number of rotatable bonds is 5. The van der Waals surface area contributed by atoms with Gasteiger partial charge in [-0.2, -0.15) is 5.10 Å². The number of nitrogens with zero attached hydrogens (tertiary/aromatic N) is 3. The summed E-state index contributed by atoms with van der Waals surface area (Å²) in [4.78, 5) is 15.8. The molecule has 0 fully saturated rings. The highest BCUT2D eigenvalue weighted by atomic mass is 16.5. The highest BCUT2D eigenvalue weighted by Crippen LogP contribution is 2.23. The number of carbonyl (C=O) groups is 1. The van der Waals surface area contributed by atoms with Crippen molar-refractivity contribution in [2.45, 2.75) is 20.1 Å². The first-order chi connectivity index (χ1) is 9.65. The number of aromatic nitrogens is 3. The number of nitrogens with two attached hydrogens (primary N) is 1. The lowest BCUT2D eigenvalue weighted by Crippen LogP contribution is -2.10. The number of esters is 1. The van der Waals surface area contributed by atoms with Crippen molar-refractivity contribution in [2.75, 3.05) is 12.8 Å². The molecule has 7 heteroatoms. The molecule has 2 aromatic rings. The number of hydrogen-bond donors (Lipinski definition) is 1. The van der Waals surface area contributed by atoms with Gasteiger partial charge in [0.05, 0.1) is 7.11 Å². The van der Waals surface area contributed by atoms with E-state index in [1.54, 1.807) is 16.8 Å². The third-order valence-electron chi connectivity index (χ3n) is 2.76. The molecule has 0 aliphatic rings. The molecule has 0 saturated carbocycles. The molecule has 106 valence electrons. The van der Waals surface area contributed by atoms with E-state index >= 15 is 0 Å². The molecule has 0 atom stereocenters. The average Bonchev–Trinajstić information content (AvgIpc) is 2.92. The quantitative estimate of drug-likeness (QED) is 0.652. The molecule has 0 spiro atoms. The molecule has 0 aliphatic heterocycles. The van der Waals surface area contributed by atoms with Gasteiger partial charge in [0.2, 0.25) is 0 Å². The molecule has 2 rings (SSSR count). The van der Waals surface area contributed by atoms with E-state index in [4.69, 9.17) is 15.2 Å². The maximum absolute atomic E-state index is 11.7. The third-order valence-corrected chi connectivity index (χ3v) is 2.76. The predicted octanol–water partition coefficient (Wildman–Crippen LogP) is 1.25. The Morgan fingerprint density at radius 2 is 2.25 bits per heavy atom. The Hall–Kier alpha value is -2.57. The molecule has 0 saturated heterocycles. The Balaban J connectivity index is 2.19. The van der Waals surface area contributed by atoms with E-state index in [-0.39, 0.29) is 12.2 Å². The molecule has 7 nitrogen and oxygen atoms in total. The molecule has 1 aromatic carbocycles. The Morgan fingerprint density at radius 1 is 1.45 bits per heavy atom. The predicted molar refractivity (Wildman–Crippen MR) is 72.2 cm³/mol. The van der Waals surface area contributed by atoms with Gasteiger partial charge in [-0.15, -0.1) is 0 Å². The minimum absolute atomic E-state index is 0.210. The summed E-state index contributed by atoms with van der Waals surface area (Å²) in [7, 11) is 1.31. The van der Waals surface area contributed by atoms with Gasteiger partial charge >= 0.3 is 5.97 Å². The van der Waals surface area contributed by atoms with Crippen molar-refractivity contribution >= 4 is 11.7 Å². The molecule has 0 bridgehead atoms. The summed E-state index contributed by atoms with van der Waals surface area (Å²) in [6, 6.07) is 4.81. The van der Waals surface area contributed by atoms with Crippen molar-refractivity contribution in [3.05, 3.63) is 35.9 Å². The normalized spacial score (nSPS) is 10.3. The first-order valence-electron chi connectivity index (χ1n) is 6.13. The average molecular weight is 276 g/mol. The first kappa shape index (κ1) is 13.9. The van der Waals surface area contributed by atoms with Gasteiger partial charge in [0, 0.05) is 12.2 Å². The van der Waals surface area contributed by atoms with Crippen LogP contribution < -0.4 is 10.5 Å². The number of hydrogen-bond acceptors (Lipinski definition) is 6. The van der Waals surface area contributed by atoms with Crippen molar-refractivity contribution in [3.63, 3.8) is 0 Å². The van der Waals surface area contributed by atoms with Crippen LogP contribution in [-0.4, -0.2) is 27.8 Å². The SMILES string of the molecule is CCn1ncnc1COc1ccc(N)cc1C(=O)OC. The second kappa shape index (κ2) is 6.05. The number of methoxy groups -OCH3 is 1. The summed E-state index contributed by atoms with van der Waals surface area (Å²) in [6.07, 6.45) is 1.46. The highest BCUT2D eigenvalue weighted by Gasteiger charge is 2.14. The van der Waals surface area contributed by atoms with Gasteiger partial charge in [-0.05, 0) is 25.1 Å². The van der Waals surface area contributed by atoms with E-state index in [2.05, 4.69) is 10.1 Å². The van der Waals surface area contributed by atoms with Gasteiger partial charge in [-0.3, -0.25) is 0 Å². The summed E-state index contributed by atoms with van der Waals surface area (Å²) in [6.45, 7) is 2.87. The van der Waals surface area contributed by atoms with E-state index < -0.39 is 5.97 Å². The van der Waals surface area contributed by atoms with Crippen LogP contribution in [0.15, 0.2) is 24.5 Å². The zero-order chi connectivity index (χ0) is 14.5. The molecular weight excluding hydrogens is 260 g/mol. The summed E-state index contributed by atoms with van der Waals surface area (Å²) >= 11 is 0. The Bertz CT molecular complexity index is 609. The van der Waals surface area contributed by atoms with Crippen LogP contribution in [0, 0.1) is 0 Å². The molecule has 1 aromatic heterocycles. The van der Waals surface area contributed by atoms with Crippen LogP contribution in [0.4, 0.5) is 5.69 Å². The van der Waals surface area contributed by atoms with E-state index in [1.807, 2.05) is 6.92 Å². The van der Waals surface area contributed by atoms with Crippen molar-refractivity contribution in [2.24, 2.45) is 0 Å². The summed E-state index contributed by atoms with van der Waals surface area (Å²) in [5.41, 5.74) is 6.42. The maximum atomic E-state index is 11.7. The van der Waals surface area contributed by atoms with Crippen LogP contribution in [-0.2, 0) is 17.9 Å². The number of nitrogen functional groups attached to an aromatic ring is 1. The van der Waals surface area contributed by atoms with Crippen molar-refractivity contribution in [1.82, 2.24) is 14.8 Å². The second-order valence-electron chi connectivity index (χ2n) is 4.03. The van der Waals surface area contributed by atoms with Gasteiger partial charge in [-0.1, -0.05) is 0 Å². The van der Waals surface area contributed by atoms with Gasteiger partial charge in [-0.25, -0.2) is 14.5 Å². The lowest BCUT2D eigenvalue weighted by Gasteiger charge is -2.11. The molecular formula is C13H16N4O3. The van der Waals surface area contributed by atoms with Crippen molar-refractivity contribution in [3.8, 4) is 5.75 Å². The largest absolute Gasteiger partial charge is 0.485 e. The van der Waals surface area contributed by atoms with Crippen LogP contribution in [0.5, 0.6) is 5.75 Å². The van der Waals surface area contributed by atoms with Crippen LogP contribution in [0.2, 0.25) is 0 Å². The zero-order valence-electron chi connectivity index (χ0n) is 11.4. The van der Waals surface area contributed by atoms with E-state index in [9.17, 15) is 4.79 Å². The molecule has 0 aliphatic carbocycles. The van der Waals surface area contributed by atoms with E-state index in [0.29, 0.717) is 23.8 Å². The Morgan fingerprint density at radius 3 is 2.95 bits per heavy atom. The molecule has 20 heavy (non-hydrogen) atoms. The summed E-state index contributed by atoms with van der Waals surface area (Å²) < 4.78 is 12.0. The minimum Gasteiger partial charge on any atom is -0.485 e. The van der Waals surface area contributed by atoms with E-state index in [0.717, 1.165) is 0 Å². The number of ether oxygens (including phenoxy) is 2. The highest BCUT2D eigenvalue weighted by molar-refractivity contribution is 5.93. The van der Waals surface area contributed by atoms with Crippen LogP contribution >= 0.6 is 0 Å². The number of anilines is 1. The lowest BCUT2D eigenvalue weighted by atomic mass is 10.2. The molecule has 2 N–H and O–H groups in total. The van der Waals surface area contributed by atoms with Gasteiger partial charge in [0.15, 0.2) is 5.82 Å². The monoisotopic (exact) mass is 276 g/mol. The first-order valence-corrected chi connectivity index (χ1v) is 6.13. The summed E-state index contributed by atoms with van der Waals surface area (Å²) in [5, 5.41) is 4.05. The fourth-order valence-electron chi connectivity index (χ4n) is 1.75. The Labute approximate surface area is 116 Å². The molecule has 0 unspecified atom stereocenters. The second-order valence-corrected chi connectivity index (χ2v) is 4.03. The maximum Gasteiger partial charge on any atom is 0.341 e. The number of aryl methyl sites for hydroxylation is 1. The molecule has 0 amide bonds. The number of carbonyl (C=O) groups excluding carboxylic acids is 1. The van der Waals surface area contributed by atoms with Crippen molar-refractivity contribution < 1.29 is 14.3 Å².